The first-order valence-corrected chi connectivity index (χ1v) is 5.31. The zero-order chi connectivity index (χ0) is 12.2. The molecule has 1 rings (SSSR count). The van der Waals surface area contributed by atoms with Gasteiger partial charge in [-0.15, -0.1) is 0 Å². The normalized spacial score (nSPS) is 12.4. The Hall–Kier alpha value is -1.64. The van der Waals surface area contributed by atoms with E-state index in [-0.39, 0.29) is 5.91 Å². The van der Waals surface area contributed by atoms with Crippen molar-refractivity contribution in [2.75, 3.05) is 0 Å². The molecule has 1 N–H and O–H groups in total. The van der Waals surface area contributed by atoms with Gasteiger partial charge in [-0.25, -0.2) is 5.43 Å². The second-order valence-corrected chi connectivity index (χ2v) is 4.75. The van der Waals surface area contributed by atoms with E-state index in [1.807, 2.05) is 58.0 Å². The Morgan fingerprint density at radius 2 is 1.75 bits per heavy atom. The Labute approximate surface area is 96.6 Å². The molecular weight excluding hydrogens is 200 g/mol. The van der Waals surface area contributed by atoms with Crippen LogP contribution in [0.5, 0.6) is 0 Å². The maximum absolute atomic E-state index is 11.6. The SMILES string of the molecule is CC(=NNC(=O)C(C)(C)C)c1ccccc1. The molecule has 0 aliphatic carbocycles. The van der Waals surface area contributed by atoms with Crippen molar-refractivity contribution in [3.05, 3.63) is 35.9 Å². The fourth-order valence-corrected chi connectivity index (χ4v) is 1.05. The lowest BCUT2D eigenvalue weighted by atomic mass is 9.96. The molecule has 0 fully saturated rings. The number of hydrogen-bond acceptors (Lipinski definition) is 2. The molecule has 16 heavy (non-hydrogen) atoms. The van der Waals surface area contributed by atoms with E-state index in [1.54, 1.807) is 0 Å². The number of benzene rings is 1. The highest BCUT2D eigenvalue weighted by molar-refractivity contribution is 5.99. The minimum Gasteiger partial charge on any atom is -0.273 e. The zero-order valence-electron chi connectivity index (χ0n) is 10.2. The molecule has 0 aromatic heterocycles. The molecule has 0 aliphatic rings. The van der Waals surface area contributed by atoms with Crippen molar-refractivity contribution in [2.24, 2.45) is 10.5 Å². The summed E-state index contributed by atoms with van der Waals surface area (Å²) in [6, 6.07) is 9.76. The Balaban J connectivity index is 2.70. The number of nitrogens with zero attached hydrogens (tertiary/aromatic N) is 1. The number of rotatable bonds is 2. The van der Waals surface area contributed by atoms with E-state index in [9.17, 15) is 4.79 Å². The number of nitrogens with one attached hydrogen (secondary N) is 1. The first kappa shape index (κ1) is 12.4. The number of carbonyl (C=O) groups excluding carboxylic acids is 1. The number of carbonyl (C=O) groups is 1. The van der Waals surface area contributed by atoms with Crippen molar-refractivity contribution < 1.29 is 4.79 Å². The van der Waals surface area contributed by atoms with Crippen molar-refractivity contribution in [2.45, 2.75) is 27.7 Å². The Bertz CT molecular complexity index is 388. The summed E-state index contributed by atoms with van der Waals surface area (Å²) in [5, 5.41) is 4.08. The largest absolute Gasteiger partial charge is 0.273 e. The van der Waals surface area contributed by atoms with Crippen LogP contribution in [-0.4, -0.2) is 11.6 Å². The average molecular weight is 218 g/mol. The topological polar surface area (TPSA) is 41.5 Å². The van der Waals surface area contributed by atoms with Crippen LogP contribution in [0.3, 0.4) is 0 Å². The summed E-state index contributed by atoms with van der Waals surface area (Å²) >= 11 is 0. The van der Waals surface area contributed by atoms with Gasteiger partial charge in [-0.3, -0.25) is 4.79 Å². The van der Waals surface area contributed by atoms with Crippen molar-refractivity contribution in [3.63, 3.8) is 0 Å². The number of hydrogen-bond donors (Lipinski definition) is 1. The summed E-state index contributed by atoms with van der Waals surface area (Å²) in [7, 11) is 0. The molecule has 0 heterocycles. The second-order valence-electron chi connectivity index (χ2n) is 4.75. The molecule has 0 radical (unpaired) electrons. The lowest BCUT2D eigenvalue weighted by Gasteiger charge is -2.15. The Morgan fingerprint density at radius 1 is 1.19 bits per heavy atom. The highest BCUT2D eigenvalue weighted by Gasteiger charge is 2.20. The lowest BCUT2D eigenvalue weighted by molar-refractivity contribution is -0.128. The quantitative estimate of drug-likeness (QED) is 0.601. The third kappa shape index (κ3) is 3.50. The van der Waals surface area contributed by atoms with Crippen LogP contribution in [0.15, 0.2) is 35.4 Å². The molecule has 0 saturated carbocycles. The lowest BCUT2D eigenvalue weighted by Crippen LogP contribution is -2.32. The van der Waals surface area contributed by atoms with Crippen molar-refractivity contribution in [1.29, 1.82) is 0 Å². The molecule has 0 saturated heterocycles. The van der Waals surface area contributed by atoms with Crippen LogP contribution >= 0.6 is 0 Å². The maximum atomic E-state index is 11.6. The van der Waals surface area contributed by atoms with E-state index in [0.717, 1.165) is 11.3 Å². The molecule has 3 heteroatoms. The summed E-state index contributed by atoms with van der Waals surface area (Å²) in [6.45, 7) is 7.44. The fourth-order valence-electron chi connectivity index (χ4n) is 1.05. The van der Waals surface area contributed by atoms with Gasteiger partial charge in [-0.2, -0.15) is 5.10 Å². The van der Waals surface area contributed by atoms with Gasteiger partial charge in [-0.05, 0) is 12.5 Å². The minimum atomic E-state index is -0.416. The smallest absolute Gasteiger partial charge is 0.245 e. The maximum Gasteiger partial charge on any atom is 0.245 e. The summed E-state index contributed by atoms with van der Waals surface area (Å²) in [5.74, 6) is -0.0808. The molecule has 0 spiro atoms. The first-order valence-electron chi connectivity index (χ1n) is 5.31. The molecule has 1 aromatic rings. The predicted molar refractivity (Wildman–Crippen MR) is 66.3 cm³/mol. The monoisotopic (exact) mass is 218 g/mol. The van der Waals surface area contributed by atoms with E-state index >= 15 is 0 Å². The summed E-state index contributed by atoms with van der Waals surface area (Å²) < 4.78 is 0. The van der Waals surface area contributed by atoms with E-state index in [4.69, 9.17) is 0 Å². The van der Waals surface area contributed by atoms with Gasteiger partial charge in [0.05, 0.1) is 5.71 Å². The molecule has 0 atom stereocenters. The highest BCUT2D eigenvalue weighted by Crippen LogP contribution is 2.12. The van der Waals surface area contributed by atoms with E-state index in [0.29, 0.717) is 0 Å². The Morgan fingerprint density at radius 3 is 2.25 bits per heavy atom. The third-order valence-electron chi connectivity index (χ3n) is 2.20. The van der Waals surface area contributed by atoms with Crippen LogP contribution in [0, 0.1) is 5.41 Å². The van der Waals surface area contributed by atoms with Gasteiger partial charge >= 0.3 is 0 Å². The first-order chi connectivity index (χ1) is 7.41. The molecule has 86 valence electrons. The van der Waals surface area contributed by atoms with Gasteiger partial charge in [0.2, 0.25) is 5.91 Å². The van der Waals surface area contributed by atoms with Crippen LogP contribution in [0.1, 0.15) is 33.3 Å². The Kier molecular flexibility index (Phi) is 3.82. The molecule has 0 unspecified atom stereocenters. The number of amides is 1. The van der Waals surface area contributed by atoms with Gasteiger partial charge < -0.3 is 0 Å². The standard InChI is InChI=1S/C13H18N2O/c1-10(11-8-6-5-7-9-11)14-15-12(16)13(2,3)4/h5-9H,1-4H3,(H,15,16). The van der Waals surface area contributed by atoms with Crippen LogP contribution in [0.4, 0.5) is 0 Å². The summed E-state index contributed by atoms with van der Waals surface area (Å²) in [6.07, 6.45) is 0. The van der Waals surface area contributed by atoms with E-state index in [1.165, 1.54) is 0 Å². The van der Waals surface area contributed by atoms with Crippen molar-refractivity contribution >= 4 is 11.6 Å². The molecule has 1 amide bonds. The fraction of sp³-hybridized carbons (Fsp3) is 0.385. The van der Waals surface area contributed by atoms with E-state index < -0.39 is 5.41 Å². The van der Waals surface area contributed by atoms with Crippen molar-refractivity contribution in [3.8, 4) is 0 Å². The number of hydrazone groups is 1. The summed E-state index contributed by atoms with van der Waals surface area (Å²) in [4.78, 5) is 11.6. The van der Waals surface area contributed by atoms with Gasteiger partial charge in [0.25, 0.3) is 0 Å². The average Bonchev–Trinajstić information content (AvgIpc) is 2.25. The molecule has 1 aromatic carbocycles. The van der Waals surface area contributed by atoms with Gasteiger partial charge in [-0.1, -0.05) is 51.1 Å². The molecular formula is C13H18N2O. The van der Waals surface area contributed by atoms with Gasteiger partial charge in [0, 0.05) is 5.41 Å². The third-order valence-corrected chi connectivity index (χ3v) is 2.20. The summed E-state index contributed by atoms with van der Waals surface area (Å²) in [5.41, 5.74) is 3.97. The highest BCUT2D eigenvalue weighted by atomic mass is 16.2. The van der Waals surface area contributed by atoms with Crippen LogP contribution < -0.4 is 5.43 Å². The molecule has 0 bridgehead atoms. The second kappa shape index (κ2) is 4.92. The molecule has 0 aliphatic heterocycles. The van der Waals surface area contributed by atoms with Gasteiger partial charge in [0.1, 0.15) is 0 Å². The predicted octanol–water partition coefficient (Wildman–Crippen LogP) is 2.57. The van der Waals surface area contributed by atoms with Gasteiger partial charge in [0.15, 0.2) is 0 Å². The van der Waals surface area contributed by atoms with Crippen LogP contribution in [0.2, 0.25) is 0 Å². The zero-order valence-corrected chi connectivity index (χ0v) is 10.2. The van der Waals surface area contributed by atoms with Crippen LogP contribution in [0.25, 0.3) is 0 Å². The van der Waals surface area contributed by atoms with Crippen molar-refractivity contribution in [1.82, 2.24) is 5.43 Å². The van der Waals surface area contributed by atoms with E-state index in [2.05, 4.69) is 10.5 Å². The molecule has 3 nitrogen and oxygen atoms in total. The van der Waals surface area contributed by atoms with Crippen LogP contribution in [-0.2, 0) is 4.79 Å². The minimum absolute atomic E-state index is 0.0808.